The van der Waals surface area contributed by atoms with Crippen molar-refractivity contribution in [3.05, 3.63) is 11.5 Å². The van der Waals surface area contributed by atoms with Crippen LogP contribution < -0.4 is 4.74 Å². The summed E-state index contributed by atoms with van der Waals surface area (Å²) in [6, 6.07) is 0. The Morgan fingerprint density at radius 3 is 2.78 bits per heavy atom. The molecule has 2 aliphatic heterocycles. The first-order valence-electron chi connectivity index (χ1n) is 5.68. The minimum absolute atomic E-state index is 0.194. The van der Waals surface area contributed by atoms with Gasteiger partial charge in [-0.1, -0.05) is 5.16 Å². The first-order valence-corrected chi connectivity index (χ1v) is 5.68. The van der Waals surface area contributed by atoms with E-state index in [-0.39, 0.29) is 5.75 Å². The normalized spacial score (nSPS) is 27.9. The zero-order valence-corrected chi connectivity index (χ0v) is 10.1. The number of ether oxygens (including phenoxy) is 2. The average Bonchev–Trinajstić information content (AvgIpc) is 2.82. The number of fused-ring (bicyclic) bond motifs is 2. The molecule has 3 rings (SSSR count). The van der Waals surface area contributed by atoms with Crippen LogP contribution in [-0.4, -0.2) is 35.6 Å². The quantitative estimate of drug-likeness (QED) is 0.486. The van der Waals surface area contributed by atoms with E-state index in [1.54, 1.807) is 14.0 Å². The van der Waals surface area contributed by atoms with Gasteiger partial charge in [0.25, 0.3) is 0 Å². The number of esters is 2. The lowest BCUT2D eigenvalue weighted by atomic mass is 10.1. The van der Waals surface area contributed by atoms with Crippen LogP contribution >= 0.6 is 0 Å². The maximum atomic E-state index is 11.6. The largest absolute Gasteiger partial charge is 0.427 e. The monoisotopic (exact) mass is 252 g/mol. The molecular formula is C11H12N2O5. The number of aromatic nitrogens is 1. The van der Waals surface area contributed by atoms with Crippen molar-refractivity contribution in [1.82, 2.24) is 10.1 Å². The van der Waals surface area contributed by atoms with Gasteiger partial charge in [-0.3, -0.25) is 4.90 Å². The molecule has 1 unspecified atom stereocenters. The highest BCUT2D eigenvalue weighted by molar-refractivity contribution is 6.30. The Balaban J connectivity index is 2.19. The van der Waals surface area contributed by atoms with Gasteiger partial charge >= 0.3 is 11.9 Å². The highest BCUT2D eigenvalue weighted by Gasteiger charge is 2.53. The fourth-order valence-corrected chi connectivity index (χ4v) is 2.45. The zero-order chi connectivity index (χ0) is 12.9. The van der Waals surface area contributed by atoms with Gasteiger partial charge in [-0.15, -0.1) is 0 Å². The second-order valence-electron chi connectivity index (χ2n) is 4.51. The van der Waals surface area contributed by atoms with Gasteiger partial charge in [0.15, 0.2) is 0 Å². The number of rotatable bonds is 0. The van der Waals surface area contributed by atoms with Crippen LogP contribution in [0.2, 0.25) is 0 Å². The summed E-state index contributed by atoms with van der Waals surface area (Å²) < 4.78 is 15.5. The summed E-state index contributed by atoms with van der Waals surface area (Å²) in [7, 11) is 1.80. The molecule has 7 nitrogen and oxygen atoms in total. The summed E-state index contributed by atoms with van der Waals surface area (Å²) in [5.74, 6) is -1.56. The molecule has 0 saturated carbocycles. The Morgan fingerprint density at radius 1 is 1.33 bits per heavy atom. The van der Waals surface area contributed by atoms with Crippen molar-refractivity contribution in [2.45, 2.75) is 25.5 Å². The number of aryl methyl sites for hydroxylation is 1. The number of carbonyl (C=O) groups excluding carboxylic acids is 2. The van der Waals surface area contributed by atoms with Crippen molar-refractivity contribution < 1.29 is 23.6 Å². The second kappa shape index (κ2) is 3.55. The van der Waals surface area contributed by atoms with Crippen LogP contribution in [0.4, 0.5) is 0 Å². The van der Waals surface area contributed by atoms with E-state index in [2.05, 4.69) is 5.16 Å². The fourth-order valence-electron chi connectivity index (χ4n) is 2.45. The van der Waals surface area contributed by atoms with Crippen LogP contribution in [0.5, 0.6) is 5.75 Å². The Morgan fingerprint density at radius 2 is 2.11 bits per heavy atom. The molecule has 2 aliphatic rings. The van der Waals surface area contributed by atoms with Gasteiger partial charge in [0, 0.05) is 13.0 Å². The van der Waals surface area contributed by atoms with Crippen molar-refractivity contribution in [3.8, 4) is 5.75 Å². The second-order valence-corrected chi connectivity index (χ2v) is 4.51. The summed E-state index contributed by atoms with van der Waals surface area (Å²) in [6.07, 6.45) is 1.38. The molecule has 18 heavy (non-hydrogen) atoms. The molecule has 0 aromatic carbocycles. The van der Waals surface area contributed by atoms with Crippen molar-refractivity contribution in [2.24, 2.45) is 0 Å². The summed E-state index contributed by atoms with van der Waals surface area (Å²) in [5, 5.41) is 3.78. The Hall–Kier alpha value is -1.89. The van der Waals surface area contributed by atoms with Gasteiger partial charge in [-0.05, 0) is 20.4 Å². The molecule has 7 heteroatoms. The van der Waals surface area contributed by atoms with E-state index in [0.717, 1.165) is 13.0 Å². The minimum Gasteiger partial charge on any atom is -0.427 e. The van der Waals surface area contributed by atoms with E-state index in [1.807, 2.05) is 4.90 Å². The molecule has 0 bridgehead atoms. The van der Waals surface area contributed by atoms with Crippen LogP contribution in [-0.2, 0) is 20.1 Å². The first kappa shape index (κ1) is 11.2. The summed E-state index contributed by atoms with van der Waals surface area (Å²) in [6.45, 7) is 2.38. The van der Waals surface area contributed by atoms with Gasteiger partial charge in [-0.25, -0.2) is 9.59 Å². The molecule has 0 aliphatic carbocycles. The predicted molar refractivity (Wildman–Crippen MR) is 56.5 cm³/mol. The summed E-state index contributed by atoms with van der Waals surface area (Å²) >= 11 is 0. The van der Waals surface area contributed by atoms with Crippen molar-refractivity contribution in [3.63, 3.8) is 0 Å². The molecule has 1 fully saturated rings. The highest BCUT2D eigenvalue weighted by atomic mass is 16.6. The third-order valence-electron chi connectivity index (χ3n) is 3.41. The standard InChI is InChI=1S/C11H12N2O5/c1-6-7-8(18-12-6)11(4-3-5-13(11)2)17-10(15)9(14)16-7/h3-5H2,1-2H3. The van der Waals surface area contributed by atoms with E-state index in [1.165, 1.54) is 0 Å². The molecule has 0 amide bonds. The zero-order valence-electron chi connectivity index (χ0n) is 10.1. The van der Waals surface area contributed by atoms with Gasteiger partial charge in [0.1, 0.15) is 5.69 Å². The van der Waals surface area contributed by atoms with Gasteiger partial charge in [-0.2, -0.15) is 0 Å². The maximum absolute atomic E-state index is 11.6. The fraction of sp³-hybridized carbons (Fsp3) is 0.545. The van der Waals surface area contributed by atoms with Gasteiger partial charge in [0.05, 0.1) is 0 Å². The number of hydrogen-bond donors (Lipinski definition) is 0. The molecule has 1 atom stereocenters. The Labute approximate surface area is 103 Å². The van der Waals surface area contributed by atoms with Gasteiger partial charge < -0.3 is 14.0 Å². The van der Waals surface area contributed by atoms with Crippen molar-refractivity contribution in [1.29, 1.82) is 0 Å². The lowest BCUT2D eigenvalue weighted by molar-refractivity contribution is -0.187. The molecule has 1 saturated heterocycles. The number of carbonyl (C=O) groups is 2. The molecule has 1 aromatic heterocycles. The van der Waals surface area contributed by atoms with E-state index in [4.69, 9.17) is 14.0 Å². The van der Waals surface area contributed by atoms with E-state index >= 15 is 0 Å². The molecule has 3 heterocycles. The molecule has 0 N–H and O–H groups in total. The average molecular weight is 252 g/mol. The SMILES string of the molecule is Cc1noc2c1OC(=O)C(=O)OC21CCCN1C. The molecule has 1 aromatic rings. The minimum atomic E-state index is -1.07. The first-order chi connectivity index (χ1) is 8.54. The Kier molecular flexibility index (Phi) is 2.21. The Bertz CT molecular complexity index is 538. The summed E-state index contributed by atoms with van der Waals surface area (Å²) in [4.78, 5) is 24.9. The lowest BCUT2D eigenvalue weighted by Crippen LogP contribution is -2.42. The number of nitrogens with zero attached hydrogens (tertiary/aromatic N) is 2. The van der Waals surface area contributed by atoms with Crippen LogP contribution in [0.3, 0.4) is 0 Å². The van der Waals surface area contributed by atoms with Crippen LogP contribution in [0.25, 0.3) is 0 Å². The topological polar surface area (TPSA) is 81.9 Å². The van der Waals surface area contributed by atoms with E-state index < -0.39 is 17.7 Å². The third kappa shape index (κ3) is 1.30. The van der Waals surface area contributed by atoms with E-state index in [9.17, 15) is 9.59 Å². The lowest BCUT2D eigenvalue weighted by Gasteiger charge is -2.31. The van der Waals surface area contributed by atoms with Gasteiger partial charge in [0.2, 0.25) is 17.2 Å². The van der Waals surface area contributed by atoms with E-state index in [0.29, 0.717) is 17.9 Å². The number of likely N-dealkylation sites (tertiary alicyclic amines) is 1. The molecule has 1 spiro atoms. The third-order valence-corrected chi connectivity index (χ3v) is 3.41. The van der Waals surface area contributed by atoms with Crippen LogP contribution in [0.1, 0.15) is 24.3 Å². The van der Waals surface area contributed by atoms with Crippen LogP contribution in [0, 0.1) is 6.92 Å². The van der Waals surface area contributed by atoms with Crippen molar-refractivity contribution in [2.75, 3.05) is 13.6 Å². The highest BCUT2D eigenvalue weighted by Crippen LogP contribution is 2.45. The molecule has 96 valence electrons. The molecular weight excluding hydrogens is 240 g/mol. The molecule has 0 radical (unpaired) electrons. The summed E-state index contributed by atoms with van der Waals surface area (Å²) in [5.41, 5.74) is -0.642. The van der Waals surface area contributed by atoms with Crippen LogP contribution in [0.15, 0.2) is 4.52 Å². The maximum Gasteiger partial charge on any atom is 0.423 e. The number of hydrogen-bond acceptors (Lipinski definition) is 7. The van der Waals surface area contributed by atoms with Crippen molar-refractivity contribution >= 4 is 11.9 Å². The smallest absolute Gasteiger partial charge is 0.423 e. The predicted octanol–water partition coefficient (Wildman–Crippen LogP) is 0.324.